The molecule has 14 heteroatoms. The highest BCUT2D eigenvalue weighted by molar-refractivity contribution is 5.95. The number of rotatable bonds is 9. The van der Waals surface area contributed by atoms with Gasteiger partial charge in [0.15, 0.2) is 0 Å². The van der Waals surface area contributed by atoms with Gasteiger partial charge in [0, 0.05) is 66.1 Å². The van der Waals surface area contributed by atoms with Gasteiger partial charge in [-0.05, 0) is 159 Å². The molecule has 4 saturated carbocycles. The standard InChI is InChI=1S/C48H62N6O8/c1-26-40(60-34-11-15-54(6)16-12-34)24-30(35-25-38(45(56)61-42(26)35)50-47(58)52-48(2,3)4)22-36-39(59-33-9-13-53(5)14-10-33)8-7-29-23-37(44(55)62-43(29)36)49-46(57)51-41-31-18-27-17-28(20-31)21-32(41)19-27/h7-8,23-25,27-28,31-34,41H,9-22H2,1-6H3,(H2,49,51,57)(H2,50,52,58). The lowest BCUT2D eigenvalue weighted by Crippen LogP contribution is -2.56. The summed E-state index contributed by atoms with van der Waals surface area (Å²) in [5, 5.41) is 12.8. The second-order valence-corrected chi connectivity index (χ2v) is 20.1. The molecule has 2 aromatic carbocycles. The fourth-order valence-electron chi connectivity index (χ4n) is 11.1. The minimum absolute atomic E-state index is 0.0150. The third-order valence-corrected chi connectivity index (χ3v) is 14.1. The largest absolute Gasteiger partial charge is 0.490 e. The van der Waals surface area contributed by atoms with E-state index in [1.807, 2.05) is 45.9 Å². The molecule has 4 aliphatic carbocycles. The van der Waals surface area contributed by atoms with Crippen molar-refractivity contribution in [1.82, 2.24) is 20.4 Å². The van der Waals surface area contributed by atoms with Crippen molar-refractivity contribution in [2.24, 2.45) is 23.7 Å². The molecule has 6 aliphatic rings. The summed E-state index contributed by atoms with van der Waals surface area (Å²) >= 11 is 0. The molecule has 0 unspecified atom stereocenters. The molecule has 0 atom stereocenters. The Morgan fingerprint density at radius 2 is 1.27 bits per heavy atom. The van der Waals surface area contributed by atoms with E-state index in [4.69, 9.17) is 18.3 Å². The van der Waals surface area contributed by atoms with Crippen LogP contribution in [-0.4, -0.2) is 85.9 Å². The summed E-state index contributed by atoms with van der Waals surface area (Å²) < 4.78 is 25.7. The molecule has 332 valence electrons. The minimum Gasteiger partial charge on any atom is -0.490 e. The van der Waals surface area contributed by atoms with Gasteiger partial charge >= 0.3 is 23.3 Å². The summed E-state index contributed by atoms with van der Waals surface area (Å²) in [6.45, 7) is 11.0. The molecule has 0 radical (unpaired) electrons. The number of carbonyl (C=O) groups excluding carboxylic acids is 2. The van der Waals surface area contributed by atoms with E-state index in [1.54, 1.807) is 12.1 Å². The number of nitrogens with one attached hydrogen (secondary N) is 4. The molecule has 0 spiro atoms. The van der Waals surface area contributed by atoms with E-state index in [0.717, 1.165) is 69.3 Å². The van der Waals surface area contributed by atoms with Crippen LogP contribution in [-0.2, 0) is 6.42 Å². The molecule has 62 heavy (non-hydrogen) atoms. The Morgan fingerprint density at radius 3 is 1.87 bits per heavy atom. The van der Waals surface area contributed by atoms with Crippen LogP contribution in [0.2, 0.25) is 0 Å². The van der Waals surface area contributed by atoms with Crippen molar-refractivity contribution in [1.29, 1.82) is 0 Å². The highest BCUT2D eigenvalue weighted by Gasteiger charge is 2.48. The number of ether oxygens (including phenoxy) is 2. The lowest BCUT2D eigenvalue weighted by atomic mass is 9.54. The van der Waals surface area contributed by atoms with Crippen LogP contribution in [0.25, 0.3) is 21.9 Å². The lowest BCUT2D eigenvalue weighted by molar-refractivity contribution is -0.00883. The van der Waals surface area contributed by atoms with Gasteiger partial charge in [-0.2, -0.15) is 0 Å². The van der Waals surface area contributed by atoms with Crippen LogP contribution in [0.4, 0.5) is 21.0 Å². The minimum atomic E-state index is -0.693. The SMILES string of the molecule is Cc1c(OC2CCN(C)CC2)cc(Cc2c(OC3CCN(C)CC3)ccc3cc(NC(=O)NC4C5CC6CC(C5)CC4C6)c(=O)oc23)c2cc(NC(=O)NC(C)(C)C)c(=O)oc12. The zero-order valence-corrected chi connectivity index (χ0v) is 37.0. The fraction of sp³-hybridized carbons (Fsp3) is 0.583. The van der Waals surface area contributed by atoms with Crippen LogP contribution < -0.4 is 42.0 Å². The molecule has 2 saturated heterocycles. The average Bonchev–Trinajstić information content (AvgIpc) is 3.20. The molecule has 2 aromatic heterocycles. The summed E-state index contributed by atoms with van der Waals surface area (Å²) in [6, 6.07) is 8.26. The number of benzene rings is 2. The van der Waals surface area contributed by atoms with E-state index >= 15 is 0 Å². The van der Waals surface area contributed by atoms with Gasteiger partial charge in [-0.1, -0.05) is 0 Å². The van der Waals surface area contributed by atoms with E-state index in [9.17, 15) is 19.2 Å². The zero-order chi connectivity index (χ0) is 43.4. The Bertz CT molecular complexity index is 2450. The molecule has 10 rings (SSSR count). The van der Waals surface area contributed by atoms with Crippen LogP contribution in [0.1, 0.15) is 95.2 Å². The second kappa shape index (κ2) is 16.9. The number of likely N-dealkylation sites (tertiary alicyclic amines) is 2. The molecule has 2 aliphatic heterocycles. The Morgan fingerprint density at radius 1 is 0.726 bits per heavy atom. The maximum atomic E-state index is 13.9. The van der Waals surface area contributed by atoms with Crippen molar-refractivity contribution in [2.45, 2.75) is 116 Å². The Labute approximate surface area is 362 Å². The number of hydrogen-bond donors (Lipinski definition) is 4. The van der Waals surface area contributed by atoms with Crippen LogP contribution in [0.15, 0.2) is 48.8 Å². The number of fused-ring (bicyclic) bond motifs is 2. The Hall–Kier alpha value is -5.08. The molecular formula is C48H62N6O8. The smallest absolute Gasteiger partial charge is 0.360 e. The van der Waals surface area contributed by atoms with E-state index < -0.39 is 22.8 Å². The first-order chi connectivity index (χ1) is 29.6. The summed E-state index contributed by atoms with van der Waals surface area (Å²) in [4.78, 5) is 58.5. The number of hydrogen-bond acceptors (Lipinski definition) is 10. The number of amides is 4. The summed E-state index contributed by atoms with van der Waals surface area (Å²) in [5.74, 6) is 3.70. The second-order valence-electron chi connectivity index (χ2n) is 20.1. The van der Waals surface area contributed by atoms with Crippen LogP contribution in [0, 0.1) is 30.6 Å². The van der Waals surface area contributed by atoms with Gasteiger partial charge < -0.3 is 49.4 Å². The van der Waals surface area contributed by atoms with Crippen molar-refractivity contribution in [3.63, 3.8) is 0 Å². The first kappa shape index (κ1) is 42.2. The predicted molar refractivity (Wildman–Crippen MR) is 240 cm³/mol. The van der Waals surface area contributed by atoms with Gasteiger partial charge in [0.2, 0.25) is 0 Å². The first-order valence-corrected chi connectivity index (χ1v) is 22.7. The molecule has 4 aromatic rings. The third kappa shape index (κ3) is 9.04. The summed E-state index contributed by atoms with van der Waals surface area (Å²) in [7, 11) is 4.20. The average molecular weight is 851 g/mol. The van der Waals surface area contributed by atoms with Gasteiger partial charge in [-0.15, -0.1) is 0 Å². The summed E-state index contributed by atoms with van der Waals surface area (Å²) in [5.41, 5.74) is 0.835. The van der Waals surface area contributed by atoms with Gasteiger partial charge in [-0.3, -0.25) is 0 Å². The van der Waals surface area contributed by atoms with Gasteiger partial charge in [0.25, 0.3) is 0 Å². The van der Waals surface area contributed by atoms with E-state index in [-0.39, 0.29) is 42.1 Å². The molecule has 4 amide bonds. The summed E-state index contributed by atoms with van der Waals surface area (Å²) in [6.07, 6.45) is 9.46. The van der Waals surface area contributed by atoms with Gasteiger partial charge in [0.05, 0.1) is 0 Å². The van der Waals surface area contributed by atoms with E-state index in [1.165, 1.54) is 32.1 Å². The zero-order valence-electron chi connectivity index (χ0n) is 37.0. The highest BCUT2D eigenvalue weighted by atomic mass is 16.5. The van der Waals surface area contributed by atoms with Gasteiger partial charge in [0.1, 0.15) is 46.2 Å². The third-order valence-electron chi connectivity index (χ3n) is 14.1. The van der Waals surface area contributed by atoms with Crippen molar-refractivity contribution in [3.05, 3.63) is 67.9 Å². The quantitative estimate of drug-likeness (QED) is 0.123. The van der Waals surface area contributed by atoms with Gasteiger partial charge in [-0.25, -0.2) is 19.2 Å². The molecule has 4 heterocycles. The Balaban J connectivity index is 1.09. The number of urea groups is 2. The van der Waals surface area contributed by atoms with E-state index in [0.29, 0.717) is 56.4 Å². The van der Waals surface area contributed by atoms with Crippen molar-refractivity contribution in [3.8, 4) is 11.5 Å². The van der Waals surface area contributed by atoms with Crippen molar-refractivity contribution >= 4 is 45.4 Å². The van der Waals surface area contributed by atoms with Crippen LogP contribution in [0.5, 0.6) is 11.5 Å². The van der Waals surface area contributed by atoms with Crippen LogP contribution >= 0.6 is 0 Å². The molecule has 6 fully saturated rings. The van der Waals surface area contributed by atoms with Crippen LogP contribution in [0.3, 0.4) is 0 Å². The number of nitrogens with zero attached hydrogens (tertiary/aromatic N) is 2. The number of carbonyl (C=O) groups is 2. The first-order valence-electron chi connectivity index (χ1n) is 22.7. The number of aryl methyl sites for hydroxylation is 1. The molecule has 14 nitrogen and oxygen atoms in total. The fourth-order valence-corrected chi connectivity index (χ4v) is 11.1. The monoisotopic (exact) mass is 850 g/mol. The predicted octanol–water partition coefficient (Wildman–Crippen LogP) is 7.61. The topological polar surface area (TPSA) is 168 Å². The van der Waals surface area contributed by atoms with Crippen molar-refractivity contribution in [2.75, 3.05) is 50.9 Å². The normalized spacial score (nSPS) is 24.6. The Kier molecular flexibility index (Phi) is 11.5. The maximum absolute atomic E-state index is 13.9. The maximum Gasteiger partial charge on any atom is 0.360 e. The highest BCUT2D eigenvalue weighted by Crippen LogP contribution is 2.53. The molecular weight excluding hydrogens is 789 g/mol. The molecule has 4 bridgehead atoms. The lowest BCUT2D eigenvalue weighted by Gasteiger charge is -2.54. The number of piperidine rings is 2. The van der Waals surface area contributed by atoms with Crippen molar-refractivity contribution < 1.29 is 27.9 Å². The molecule has 4 N–H and O–H groups in total. The number of anilines is 2. The van der Waals surface area contributed by atoms with E-state index in [2.05, 4.69) is 45.2 Å².